The number of ether oxygens (including phenoxy) is 1. The van der Waals surface area contributed by atoms with Gasteiger partial charge in [-0.3, -0.25) is 4.99 Å². The van der Waals surface area contributed by atoms with Crippen molar-refractivity contribution < 1.29 is 4.74 Å². The highest BCUT2D eigenvalue weighted by Crippen LogP contribution is 2.17. The van der Waals surface area contributed by atoms with E-state index in [1.54, 1.807) is 18.4 Å². The summed E-state index contributed by atoms with van der Waals surface area (Å²) >= 11 is 1.68. The van der Waals surface area contributed by atoms with Crippen LogP contribution < -0.4 is 15.4 Å². The van der Waals surface area contributed by atoms with Gasteiger partial charge in [-0.2, -0.15) is 0 Å². The molecule has 0 saturated carbocycles. The molecule has 0 atom stereocenters. The summed E-state index contributed by atoms with van der Waals surface area (Å²) in [5.74, 6) is 2.16. The molecule has 138 valence electrons. The summed E-state index contributed by atoms with van der Waals surface area (Å²) < 4.78 is 5.67. The fraction of sp³-hybridized carbons (Fsp3) is 0.444. The van der Waals surface area contributed by atoms with E-state index >= 15 is 0 Å². The van der Waals surface area contributed by atoms with Crippen molar-refractivity contribution in [1.82, 2.24) is 15.6 Å². The summed E-state index contributed by atoms with van der Waals surface area (Å²) in [5.41, 5.74) is 1.15. The van der Waals surface area contributed by atoms with Gasteiger partial charge in [0.05, 0.1) is 18.8 Å². The number of aromatic nitrogens is 1. The van der Waals surface area contributed by atoms with E-state index in [-0.39, 0.29) is 24.0 Å². The summed E-state index contributed by atoms with van der Waals surface area (Å²) in [6.07, 6.45) is 0.907. The second-order valence-corrected chi connectivity index (χ2v) is 6.63. The molecule has 0 spiro atoms. The van der Waals surface area contributed by atoms with E-state index in [9.17, 15) is 0 Å². The van der Waals surface area contributed by atoms with Crippen LogP contribution in [0.15, 0.2) is 40.7 Å². The van der Waals surface area contributed by atoms with Gasteiger partial charge in [0.2, 0.25) is 0 Å². The number of nitrogens with one attached hydrogen (secondary N) is 2. The van der Waals surface area contributed by atoms with Crippen LogP contribution >= 0.6 is 35.3 Å². The van der Waals surface area contributed by atoms with Crippen molar-refractivity contribution in [3.63, 3.8) is 0 Å². The summed E-state index contributed by atoms with van der Waals surface area (Å²) in [7, 11) is 1.77. The number of benzene rings is 1. The number of hydrogen-bond donors (Lipinski definition) is 2. The predicted molar refractivity (Wildman–Crippen MR) is 116 cm³/mol. The minimum absolute atomic E-state index is 0. The number of aliphatic imine (C=N–C) groups is 1. The van der Waals surface area contributed by atoms with Gasteiger partial charge in [0.1, 0.15) is 10.8 Å². The van der Waals surface area contributed by atoms with Gasteiger partial charge in [0.25, 0.3) is 0 Å². The van der Waals surface area contributed by atoms with Crippen molar-refractivity contribution in [3.8, 4) is 5.75 Å². The van der Waals surface area contributed by atoms with Gasteiger partial charge in [0, 0.05) is 19.0 Å². The molecule has 0 fully saturated rings. The van der Waals surface area contributed by atoms with Crippen molar-refractivity contribution in [3.05, 3.63) is 46.4 Å². The molecule has 0 amide bonds. The third-order valence-corrected chi connectivity index (χ3v) is 4.28. The Bertz CT molecular complexity index is 631. The first-order valence-corrected chi connectivity index (χ1v) is 9.13. The van der Waals surface area contributed by atoms with Crippen molar-refractivity contribution in [2.45, 2.75) is 32.7 Å². The second-order valence-electron chi connectivity index (χ2n) is 5.69. The van der Waals surface area contributed by atoms with Crippen LogP contribution in [0.4, 0.5) is 0 Å². The van der Waals surface area contributed by atoms with E-state index in [0.717, 1.165) is 35.4 Å². The van der Waals surface area contributed by atoms with Crippen molar-refractivity contribution >= 4 is 41.3 Å². The number of guanidine groups is 1. The average Bonchev–Trinajstić information content (AvgIpc) is 3.07. The molecule has 2 N–H and O–H groups in total. The topological polar surface area (TPSA) is 58.5 Å². The van der Waals surface area contributed by atoms with Gasteiger partial charge in [0.15, 0.2) is 5.96 Å². The number of rotatable bonds is 8. The lowest BCUT2D eigenvalue weighted by Gasteiger charge is -2.11. The van der Waals surface area contributed by atoms with Gasteiger partial charge in [-0.1, -0.05) is 32.0 Å². The maximum Gasteiger partial charge on any atom is 0.191 e. The molecule has 25 heavy (non-hydrogen) atoms. The first kappa shape index (κ1) is 21.7. The number of para-hydroxylation sites is 1. The molecular weight excluding hydrogens is 447 g/mol. The smallest absolute Gasteiger partial charge is 0.191 e. The molecule has 0 saturated heterocycles. The molecule has 1 aromatic carbocycles. The lowest BCUT2D eigenvalue weighted by atomic mass is 10.2. The molecule has 0 aliphatic rings. The zero-order valence-electron chi connectivity index (χ0n) is 15.0. The first-order chi connectivity index (χ1) is 11.7. The fourth-order valence-electron chi connectivity index (χ4n) is 2.04. The monoisotopic (exact) mass is 474 g/mol. The SMILES string of the molecule is CN=C(NCCCOc1ccccc1)NCc1nc(C(C)C)cs1.I. The Morgan fingerprint density at radius 1 is 1.24 bits per heavy atom. The minimum atomic E-state index is 0. The third kappa shape index (κ3) is 8.04. The van der Waals surface area contributed by atoms with E-state index < -0.39 is 0 Å². The number of thiazole rings is 1. The van der Waals surface area contributed by atoms with Crippen LogP contribution in [0.25, 0.3) is 0 Å². The van der Waals surface area contributed by atoms with E-state index in [1.807, 2.05) is 30.3 Å². The maximum absolute atomic E-state index is 5.67. The first-order valence-electron chi connectivity index (χ1n) is 8.25. The zero-order valence-corrected chi connectivity index (χ0v) is 18.1. The molecule has 1 aromatic heterocycles. The van der Waals surface area contributed by atoms with E-state index in [1.165, 1.54) is 0 Å². The molecule has 7 heteroatoms. The minimum Gasteiger partial charge on any atom is -0.494 e. The van der Waals surface area contributed by atoms with Crippen LogP contribution in [-0.4, -0.2) is 31.1 Å². The molecule has 0 unspecified atom stereocenters. The molecule has 2 aromatic rings. The van der Waals surface area contributed by atoms with Crippen LogP contribution in [0, 0.1) is 0 Å². The highest BCUT2D eigenvalue weighted by molar-refractivity contribution is 14.0. The summed E-state index contributed by atoms with van der Waals surface area (Å²) in [4.78, 5) is 8.84. The van der Waals surface area contributed by atoms with Gasteiger partial charge in [-0.25, -0.2) is 4.98 Å². The van der Waals surface area contributed by atoms with Crippen LogP contribution in [0.2, 0.25) is 0 Å². The standard InChI is InChI=1S/C18H26N4OS.HI/c1-14(2)16-13-24-17(22-16)12-21-18(19-3)20-10-7-11-23-15-8-5-4-6-9-15;/h4-6,8-9,13-14H,7,10-12H2,1-3H3,(H2,19,20,21);1H. The number of hydrogen-bond acceptors (Lipinski definition) is 4. The van der Waals surface area contributed by atoms with Crippen molar-refractivity contribution in [1.29, 1.82) is 0 Å². The Morgan fingerprint density at radius 3 is 2.64 bits per heavy atom. The van der Waals surface area contributed by atoms with Gasteiger partial charge < -0.3 is 15.4 Å². The predicted octanol–water partition coefficient (Wildman–Crippen LogP) is 4.02. The molecule has 0 aliphatic heterocycles. The number of nitrogens with zero attached hydrogens (tertiary/aromatic N) is 2. The Kier molecular flexibility index (Phi) is 10.5. The van der Waals surface area contributed by atoms with Crippen molar-refractivity contribution in [2.75, 3.05) is 20.2 Å². The Balaban J connectivity index is 0.00000312. The molecule has 0 aliphatic carbocycles. The van der Waals surface area contributed by atoms with E-state index in [4.69, 9.17) is 4.74 Å². The van der Waals surface area contributed by atoms with Crippen LogP contribution in [0.1, 0.15) is 36.9 Å². The third-order valence-electron chi connectivity index (χ3n) is 3.42. The summed E-state index contributed by atoms with van der Waals surface area (Å²) in [6.45, 7) is 6.49. The Labute approximate surface area is 171 Å². The highest BCUT2D eigenvalue weighted by atomic mass is 127. The lowest BCUT2D eigenvalue weighted by Crippen LogP contribution is -2.37. The highest BCUT2D eigenvalue weighted by Gasteiger charge is 2.06. The quantitative estimate of drug-likeness (QED) is 0.263. The number of halogens is 1. The summed E-state index contributed by atoms with van der Waals surface area (Å²) in [6, 6.07) is 9.86. The van der Waals surface area contributed by atoms with Crippen molar-refractivity contribution in [2.24, 2.45) is 4.99 Å². The van der Waals surface area contributed by atoms with Gasteiger partial charge in [-0.15, -0.1) is 35.3 Å². The largest absolute Gasteiger partial charge is 0.494 e. The van der Waals surface area contributed by atoms with E-state index in [2.05, 4.69) is 39.8 Å². The van der Waals surface area contributed by atoms with Gasteiger partial charge in [-0.05, 0) is 24.5 Å². The maximum atomic E-state index is 5.67. The molecule has 1 heterocycles. The fourth-order valence-corrected chi connectivity index (χ4v) is 2.93. The van der Waals surface area contributed by atoms with Crippen LogP contribution in [-0.2, 0) is 6.54 Å². The Hall–Kier alpha value is -1.35. The normalized spacial score (nSPS) is 11.1. The molecule has 2 rings (SSSR count). The van der Waals surface area contributed by atoms with Gasteiger partial charge >= 0.3 is 0 Å². The summed E-state index contributed by atoms with van der Waals surface area (Å²) in [5, 5.41) is 9.79. The Morgan fingerprint density at radius 2 is 2.00 bits per heavy atom. The molecular formula is C18H27IN4OS. The van der Waals surface area contributed by atoms with Crippen LogP contribution in [0.5, 0.6) is 5.75 Å². The average molecular weight is 474 g/mol. The van der Waals surface area contributed by atoms with E-state index in [0.29, 0.717) is 19.1 Å². The molecule has 0 radical (unpaired) electrons. The molecule has 5 nitrogen and oxygen atoms in total. The van der Waals surface area contributed by atoms with Crippen LogP contribution in [0.3, 0.4) is 0 Å². The second kappa shape index (κ2) is 12.1. The zero-order chi connectivity index (χ0) is 17.2. The lowest BCUT2D eigenvalue weighted by molar-refractivity contribution is 0.311. The molecule has 0 bridgehead atoms.